The molecule has 0 aliphatic heterocycles. The van der Waals surface area contributed by atoms with E-state index in [1.165, 1.54) is 0 Å². The summed E-state index contributed by atoms with van der Waals surface area (Å²) in [4.78, 5) is 11.2. The van der Waals surface area contributed by atoms with Gasteiger partial charge >= 0.3 is 6.03 Å². The molecule has 0 aliphatic carbocycles. The smallest absolute Gasteiger partial charge is 0.320 e. The Kier molecular flexibility index (Phi) is 5.28. The second kappa shape index (κ2) is 6.53. The number of nitrogens with one attached hydrogen (secondary N) is 2. The van der Waals surface area contributed by atoms with Crippen LogP contribution in [0.4, 0.5) is 10.6 Å². The van der Waals surface area contributed by atoms with Crippen LogP contribution in [0.5, 0.6) is 0 Å². The maximum absolute atomic E-state index is 11.2. The highest BCUT2D eigenvalue weighted by atomic mass is 35.5. The lowest BCUT2D eigenvalue weighted by Crippen LogP contribution is -2.30. The Morgan fingerprint density at radius 3 is 2.93 bits per heavy atom. The minimum absolute atomic E-state index is 0.313. The van der Waals surface area contributed by atoms with E-state index in [4.69, 9.17) is 23.2 Å². The van der Waals surface area contributed by atoms with Gasteiger partial charge in [-0.1, -0.05) is 0 Å². The number of amides is 2. The lowest BCUT2D eigenvalue weighted by atomic mass is 10.6. The third-order valence-corrected chi connectivity index (χ3v) is 1.93. The first kappa shape index (κ1) is 12.1. The van der Waals surface area contributed by atoms with Crippen molar-refractivity contribution in [2.45, 2.75) is 6.54 Å². The SMILES string of the molecule is O=C(NCCCl)Nc1ccn(CCCl)n1. The third-order valence-electron chi connectivity index (χ3n) is 1.58. The minimum atomic E-state index is -0.313. The van der Waals surface area contributed by atoms with Gasteiger partial charge in [-0.25, -0.2) is 4.79 Å². The number of alkyl halides is 2. The van der Waals surface area contributed by atoms with Crippen molar-refractivity contribution >= 4 is 35.1 Å². The van der Waals surface area contributed by atoms with Crippen molar-refractivity contribution in [1.82, 2.24) is 15.1 Å². The van der Waals surface area contributed by atoms with Gasteiger partial charge < -0.3 is 5.32 Å². The number of aryl methyl sites for hydroxylation is 1. The van der Waals surface area contributed by atoms with Crippen LogP contribution in [0.15, 0.2) is 12.3 Å². The molecule has 0 spiro atoms. The van der Waals surface area contributed by atoms with Crippen molar-refractivity contribution in [2.75, 3.05) is 23.6 Å². The number of aromatic nitrogens is 2. The van der Waals surface area contributed by atoms with E-state index in [0.717, 1.165) is 0 Å². The molecule has 0 radical (unpaired) electrons. The zero-order chi connectivity index (χ0) is 11.1. The number of carbonyl (C=O) groups excluding carboxylic acids is 1. The van der Waals surface area contributed by atoms with Crippen LogP contribution in [0.1, 0.15) is 0 Å². The van der Waals surface area contributed by atoms with Crippen LogP contribution >= 0.6 is 23.2 Å². The molecule has 15 heavy (non-hydrogen) atoms. The molecule has 7 heteroatoms. The summed E-state index contributed by atoms with van der Waals surface area (Å²) in [6.07, 6.45) is 1.75. The van der Waals surface area contributed by atoms with Crippen LogP contribution in [0, 0.1) is 0 Å². The largest absolute Gasteiger partial charge is 0.337 e. The second-order valence-electron chi connectivity index (χ2n) is 2.72. The van der Waals surface area contributed by atoms with Crippen LogP contribution in [0.3, 0.4) is 0 Å². The molecule has 0 unspecified atom stereocenters. The predicted molar refractivity (Wildman–Crippen MR) is 60.7 cm³/mol. The van der Waals surface area contributed by atoms with Gasteiger partial charge in [-0.15, -0.1) is 23.2 Å². The molecular formula is C8H12Cl2N4O. The first-order chi connectivity index (χ1) is 7.26. The van der Waals surface area contributed by atoms with Gasteiger partial charge in [-0.2, -0.15) is 5.10 Å². The molecule has 2 amide bonds. The van der Waals surface area contributed by atoms with Crippen LogP contribution in [0.2, 0.25) is 0 Å². The summed E-state index contributed by atoms with van der Waals surface area (Å²) < 4.78 is 1.66. The van der Waals surface area contributed by atoms with Gasteiger partial charge in [-0.05, 0) is 0 Å². The van der Waals surface area contributed by atoms with E-state index in [-0.39, 0.29) is 6.03 Å². The predicted octanol–water partition coefficient (Wildman–Crippen LogP) is 1.48. The van der Waals surface area contributed by atoms with E-state index in [2.05, 4.69) is 15.7 Å². The van der Waals surface area contributed by atoms with Crippen molar-refractivity contribution in [3.05, 3.63) is 12.3 Å². The number of carbonyl (C=O) groups is 1. The van der Waals surface area contributed by atoms with Gasteiger partial charge in [0, 0.05) is 30.6 Å². The maximum Gasteiger partial charge on any atom is 0.320 e. The molecule has 1 heterocycles. The summed E-state index contributed by atoms with van der Waals surface area (Å²) in [7, 11) is 0. The maximum atomic E-state index is 11.2. The Balaban J connectivity index is 2.39. The minimum Gasteiger partial charge on any atom is -0.337 e. The zero-order valence-corrected chi connectivity index (χ0v) is 9.55. The monoisotopic (exact) mass is 250 g/mol. The van der Waals surface area contributed by atoms with Gasteiger partial charge in [0.15, 0.2) is 5.82 Å². The molecule has 2 N–H and O–H groups in total. The number of halogens is 2. The quantitative estimate of drug-likeness (QED) is 0.779. The summed E-state index contributed by atoms with van der Waals surface area (Å²) in [6, 6.07) is 1.39. The summed E-state index contributed by atoms with van der Waals surface area (Å²) in [5.74, 6) is 1.36. The molecule has 0 aromatic carbocycles. The standard InChI is InChI=1S/C8H12Cl2N4O/c9-2-4-11-8(15)12-7-1-5-14(13-7)6-3-10/h1,5H,2-4,6H2,(H2,11,12,13,15). The Hall–Kier alpha value is -0.940. The lowest BCUT2D eigenvalue weighted by Gasteiger charge is -2.02. The average molecular weight is 251 g/mol. The number of rotatable bonds is 5. The Bertz CT molecular complexity index is 315. The summed E-state index contributed by atoms with van der Waals surface area (Å²) in [5.41, 5.74) is 0. The molecule has 0 fully saturated rings. The first-order valence-corrected chi connectivity index (χ1v) is 5.53. The topological polar surface area (TPSA) is 59.0 Å². The Morgan fingerprint density at radius 1 is 1.47 bits per heavy atom. The van der Waals surface area contributed by atoms with Gasteiger partial charge in [0.1, 0.15) is 0 Å². The molecule has 1 rings (SSSR count). The van der Waals surface area contributed by atoms with Crippen LogP contribution in [-0.4, -0.2) is 34.1 Å². The third kappa shape index (κ3) is 4.40. The van der Waals surface area contributed by atoms with Crippen LogP contribution < -0.4 is 10.6 Å². The van der Waals surface area contributed by atoms with Gasteiger partial charge in [-0.3, -0.25) is 10.00 Å². The van der Waals surface area contributed by atoms with Crippen LogP contribution in [-0.2, 0) is 6.54 Å². The lowest BCUT2D eigenvalue weighted by molar-refractivity contribution is 0.252. The fourth-order valence-corrected chi connectivity index (χ4v) is 1.23. The van der Waals surface area contributed by atoms with Crippen molar-refractivity contribution in [3.8, 4) is 0 Å². The summed E-state index contributed by atoms with van der Waals surface area (Å²) in [6.45, 7) is 1.04. The molecular weight excluding hydrogens is 239 g/mol. The highest BCUT2D eigenvalue weighted by Crippen LogP contribution is 2.01. The average Bonchev–Trinajstić information content (AvgIpc) is 2.63. The zero-order valence-electron chi connectivity index (χ0n) is 8.04. The molecule has 5 nitrogen and oxygen atoms in total. The Labute approximate surface area is 97.7 Å². The van der Waals surface area contributed by atoms with Gasteiger partial charge in [0.2, 0.25) is 0 Å². The van der Waals surface area contributed by atoms with E-state index in [1.807, 2.05) is 0 Å². The van der Waals surface area contributed by atoms with Crippen molar-refractivity contribution in [2.24, 2.45) is 0 Å². The van der Waals surface area contributed by atoms with Crippen molar-refractivity contribution in [1.29, 1.82) is 0 Å². The van der Waals surface area contributed by atoms with E-state index in [1.54, 1.807) is 16.9 Å². The number of hydrogen-bond acceptors (Lipinski definition) is 2. The van der Waals surface area contributed by atoms with E-state index in [9.17, 15) is 4.79 Å². The number of hydrogen-bond donors (Lipinski definition) is 2. The molecule has 84 valence electrons. The molecule has 0 bridgehead atoms. The fourth-order valence-electron chi connectivity index (χ4n) is 0.961. The van der Waals surface area contributed by atoms with Crippen LogP contribution in [0.25, 0.3) is 0 Å². The number of anilines is 1. The van der Waals surface area contributed by atoms with Gasteiger partial charge in [0.25, 0.3) is 0 Å². The number of urea groups is 1. The van der Waals surface area contributed by atoms with E-state index >= 15 is 0 Å². The second-order valence-corrected chi connectivity index (χ2v) is 3.48. The van der Waals surface area contributed by atoms with Crippen molar-refractivity contribution in [3.63, 3.8) is 0 Å². The molecule has 0 saturated carbocycles. The summed E-state index contributed by atoms with van der Waals surface area (Å²) in [5, 5.41) is 9.21. The van der Waals surface area contributed by atoms with E-state index in [0.29, 0.717) is 30.7 Å². The Morgan fingerprint density at radius 2 is 2.27 bits per heavy atom. The number of nitrogens with zero attached hydrogens (tertiary/aromatic N) is 2. The van der Waals surface area contributed by atoms with E-state index < -0.39 is 0 Å². The fraction of sp³-hybridized carbons (Fsp3) is 0.500. The normalized spacial score (nSPS) is 10.0. The highest BCUT2D eigenvalue weighted by molar-refractivity contribution is 6.18. The summed E-state index contributed by atoms with van der Waals surface area (Å²) >= 11 is 11.0. The molecule has 1 aromatic heterocycles. The molecule has 0 aliphatic rings. The van der Waals surface area contributed by atoms with Gasteiger partial charge in [0.05, 0.1) is 6.54 Å². The van der Waals surface area contributed by atoms with Crippen molar-refractivity contribution < 1.29 is 4.79 Å². The molecule has 1 aromatic rings. The molecule has 0 atom stereocenters. The first-order valence-electron chi connectivity index (χ1n) is 4.46. The molecule has 0 saturated heterocycles. The highest BCUT2D eigenvalue weighted by Gasteiger charge is 2.03.